The highest BCUT2D eigenvalue weighted by atomic mass is 16.8. The number of carbonyl (C=O) groups excluding carboxylic acids is 2. The van der Waals surface area contributed by atoms with E-state index >= 15 is 0 Å². The maximum atomic E-state index is 12.7. The van der Waals surface area contributed by atoms with Gasteiger partial charge in [0.1, 0.15) is 12.2 Å². The zero-order valence-corrected chi connectivity index (χ0v) is 23.9. The van der Waals surface area contributed by atoms with Crippen molar-refractivity contribution >= 4 is 29.8 Å². The third-order valence-corrected chi connectivity index (χ3v) is 7.72. The van der Waals surface area contributed by atoms with Crippen LogP contribution in [0.15, 0.2) is 42.5 Å². The zero-order valence-electron chi connectivity index (χ0n) is 23.9. The summed E-state index contributed by atoms with van der Waals surface area (Å²) in [6.45, 7) is 8.57. The molecule has 0 spiro atoms. The van der Waals surface area contributed by atoms with Crippen molar-refractivity contribution in [2.75, 3.05) is 0 Å². The molecule has 0 aliphatic carbocycles. The molecule has 14 nitrogen and oxygen atoms in total. The Morgan fingerprint density at radius 3 is 2.19 bits per heavy atom. The number of rotatable bonds is 14. The van der Waals surface area contributed by atoms with E-state index < -0.39 is 77.7 Å². The SMILES string of the molecule is C=C(CC[C@]12O[C@@H](C(=O)O)[C@@](O)(C(=O)O)[C@](C(=O)O)(O1)[C@H](OC(=O)CCC)[C@H]2O)[C@@H](OC(C)=O)[C@H](C)Cc1ccccc1. The number of carboxylic acids is 3. The summed E-state index contributed by atoms with van der Waals surface area (Å²) >= 11 is 0. The summed E-state index contributed by atoms with van der Waals surface area (Å²) in [4.78, 5) is 61.6. The Bertz CT molecular complexity index is 1260. The second-order valence-corrected chi connectivity index (χ2v) is 10.8. The van der Waals surface area contributed by atoms with Crippen LogP contribution in [0.3, 0.4) is 0 Å². The largest absolute Gasteiger partial charge is 0.479 e. The van der Waals surface area contributed by atoms with Crippen molar-refractivity contribution in [2.24, 2.45) is 5.92 Å². The molecule has 0 radical (unpaired) electrons. The van der Waals surface area contributed by atoms with Crippen molar-refractivity contribution in [3.63, 3.8) is 0 Å². The lowest BCUT2D eigenvalue weighted by Gasteiger charge is -2.48. The number of hydrogen-bond acceptors (Lipinski definition) is 11. The van der Waals surface area contributed by atoms with E-state index in [1.165, 1.54) is 6.92 Å². The van der Waals surface area contributed by atoms with Gasteiger partial charge in [-0.1, -0.05) is 50.8 Å². The second-order valence-electron chi connectivity index (χ2n) is 10.8. The Morgan fingerprint density at radius 1 is 1.05 bits per heavy atom. The van der Waals surface area contributed by atoms with Gasteiger partial charge in [0.25, 0.3) is 0 Å². The molecule has 8 atom stereocenters. The maximum Gasteiger partial charge on any atom is 0.344 e. The zero-order chi connectivity index (χ0) is 32.3. The number of esters is 2. The molecule has 2 aliphatic heterocycles. The van der Waals surface area contributed by atoms with Crippen molar-refractivity contribution in [3.05, 3.63) is 48.0 Å². The van der Waals surface area contributed by atoms with Gasteiger partial charge < -0.3 is 44.5 Å². The summed E-state index contributed by atoms with van der Waals surface area (Å²) < 4.78 is 21.7. The molecular formula is C29H36O14. The fourth-order valence-corrected chi connectivity index (χ4v) is 5.70. The van der Waals surface area contributed by atoms with Crippen molar-refractivity contribution in [1.82, 2.24) is 0 Å². The van der Waals surface area contributed by atoms with Gasteiger partial charge in [-0.25, -0.2) is 14.4 Å². The monoisotopic (exact) mass is 608 g/mol. The van der Waals surface area contributed by atoms with E-state index in [1.807, 2.05) is 30.3 Å². The first-order chi connectivity index (χ1) is 20.1. The highest BCUT2D eigenvalue weighted by molar-refractivity contribution is 5.98. The van der Waals surface area contributed by atoms with Crippen LogP contribution in [0.4, 0.5) is 0 Å². The molecule has 0 amide bonds. The first-order valence-corrected chi connectivity index (χ1v) is 13.6. The lowest BCUT2D eigenvalue weighted by molar-refractivity contribution is -0.374. The molecule has 0 unspecified atom stereocenters. The average Bonchev–Trinajstić information content (AvgIpc) is 3.14. The van der Waals surface area contributed by atoms with Gasteiger partial charge in [0.05, 0.1) is 0 Å². The van der Waals surface area contributed by atoms with Crippen LogP contribution in [0.25, 0.3) is 0 Å². The second kappa shape index (κ2) is 12.8. The van der Waals surface area contributed by atoms with Crippen LogP contribution in [-0.2, 0) is 49.3 Å². The van der Waals surface area contributed by atoms with Crippen molar-refractivity contribution in [1.29, 1.82) is 0 Å². The van der Waals surface area contributed by atoms with Crippen LogP contribution in [-0.4, -0.2) is 96.8 Å². The normalized spacial score (nSPS) is 31.0. The Balaban J connectivity index is 2.03. The fraction of sp³-hybridized carbons (Fsp3) is 0.552. The number of aliphatic hydroxyl groups excluding tert-OH is 1. The van der Waals surface area contributed by atoms with Crippen molar-refractivity contribution in [3.8, 4) is 0 Å². The van der Waals surface area contributed by atoms with E-state index in [1.54, 1.807) is 13.8 Å². The van der Waals surface area contributed by atoms with Gasteiger partial charge in [-0.3, -0.25) is 9.59 Å². The molecule has 1 aromatic rings. The highest BCUT2D eigenvalue weighted by Gasteiger charge is 2.85. The van der Waals surface area contributed by atoms with E-state index in [-0.39, 0.29) is 30.8 Å². The van der Waals surface area contributed by atoms with Crippen LogP contribution in [0.5, 0.6) is 0 Å². The van der Waals surface area contributed by atoms with Gasteiger partial charge in [0, 0.05) is 25.7 Å². The summed E-state index contributed by atoms with van der Waals surface area (Å²) in [6.07, 6.45) is -8.73. The number of hydrogen-bond donors (Lipinski definition) is 5. The van der Waals surface area contributed by atoms with Crippen LogP contribution < -0.4 is 0 Å². The molecule has 236 valence electrons. The number of carboxylic acid groups (broad SMARTS) is 3. The van der Waals surface area contributed by atoms with Gasteiger partial charge in [-0.05, 0) is 30.4 Å². The number of carbonyl (C=O) groups is 5. The van der Waals surface area contributed by atoms with Crippen LogP contribution in [0, 0.1) is 5.92 Å². The van der Waals surface area contributed by atoms with Crippen molar-refractivity contribution < 1.29 is 68.5 Å². The fourth-order valence-electron chi connectivity index (χ4n) is 5.70. The Morgan fingerprint density at radius 2 is 1.67 bits per heavy atom. The highest BCUT2D eigenvalue weighted by Crippen LogP contribution is 2.56. The molecule has 2 heterocycles. The standard InChI is InChI=1S/C29H36O14/c1-5-9-19(31)41-22-21(32)27(42-23(24(33)34)28(39,25(35)36)29(22,43-27)26(37)38)13-12-15(2)20(40-17(4)30)16(3)14-18-10-7-6-8-11-18/h6-8,10-11,16,20-23,32,39H,2,5,9,12-14H2,1,3-4H3,(H,33,34)(H,35,36)(H,37,38)/t16-,20-,21-,22-,23+,27+,28-,29+/m1/s1. The van der Waals surface area contributed by atoms with Gasteiger partial charge in [-0.15, -0.1) is 0 Å². The molecule has 2 bridgehead atoms. The number of benzene rings is 1. The third kappa shape index (κ3) is 6.00. The number of aliphatic carboxylic acids is 3. The lowest BCUT2D eigenvalue weighted by Crippen LogP contribution is -2.78. The molecule has 14 heteroatoms. The number of ether oxygens (including phenoxy) is 4. The molecule has 5 N–H and O–H groups in total. The van der Waals surface area contributed by atoms with E-state index in [0.29, 0.717) is 6.42 Å². The predicted octanol–water partition coefficient (Wildman–Crippen LogP) is 1.06. The predicted molar refractivity (Wildman–Crippen MR) is 143 cm³/mol. The minimum absolute atomic E-state index is 0.225. The quantitative estimate of drug-likeness (QED) is 0.147. The van der Waals surface area contributed by atoms with Gasteiger partial charge >= 0.3 is 29.8 Å². The molecule has 43 heavy (non-hydrogen) atoms. The Hall–Kier alpha value is -3.85. The first-order valence-electron chi connectivity index (χ1n) is 13.6. The van der Waals surface area contributed by atoms with E-state index in [9.17, 15) is 49.5 Å². The molecule has 2 saturated heterocycles. The van der Waals surface area contributed by atoms with Crippen molar-refractivity contribution in [2.45, 2.75) is 94.3 Å². The summed E-state index contributed by atoms with van der Waals surface area (Å²) in [6, 6.07) is 9.27. The molecule has 0 saturated carbocycles. The number of fused-ring (bicyclic) bond motifs is 2. The summed E-state index contributed by atoms with van der Waals surface area (Å²) in [5.41, 5.74) is -6.17. The molecule has 1 aromatic carbocycles. The Kier molecular flexibility index (Phi) is 10.0. The summed E-state index contributed by atoms with van der Waals surface area (Å²) in [5.74, 6) is -11.3. The van der Waals surface area contributed by atoms with E-state index in [4.69, 9.17) is 18.9 Å². The molecule has 3 rings (SSSR count). The third-order valence-electron chi connectivity index (χ3n) is 7.72. The smallest absolute Gasteiger partial charge is 0.344 e. The molecule has 0 aromatic heterocycles. The summed E-state index contributed by atoms with van der Waals surface area (Å²) in [5, 5.41) is 52.6. The molecular weight excluding hydrogens is 572 g/mol. The number of aliphatic hydroxyl groups is 2. The molecule has 2 fully saturated rings. The Labute approximate surface area is 246 Å². The van der Waals surface area contributed by atoms with E-state index in [0.717, 1.165) is 5.56 Å². The van der Waals surface area contributed by atoms with Gasteiger partial charge in [-0.2, -0.15) is 0 Å². The molecule has 2 aliphatic rings. The van der Waals surface area contributed by atoms with Crippen LogP contribution in [0.2, 0.25) is 0 Å². The van der Waals surface area contributed by atoms with Gasteiger partial charge in [0.15, 0.2) is 6.10 Å². The minimum atomic E-state index is -3.86. The van der Waals surface area contributed by atoms with Crippen LogP contribution >= 0.6 is 0 Å². The topological polar surface area (TPSA) is 223 Å². The summed E-state index contributed by atoms with van der Waals surface area (Å²) in [7, 11) is 0. The first kappa shape index (κ1) is 33.6. The minimum Gasteiger partial charge on any atom is -0.479 e. The lowest BCUT2D eigenvalue weighted by atomic mass is 9.74. The van der Waals surface area contributed by atoms with Gasteiger partial charge in [0.2, 0.25) is 23.1 Å². The van der Waals surface area contributed by atoms with Crippen LogP contribution in [0.1, 0.15) is 52.0 Å². The average molecular weight is 609 g/mol. The maximum absolute atomic E-state index is 12.7. The van der Waals surface area contributed by atoms with E-state index in [2.05, 4.69) is 6.58 Å².